The number of benzene rings is 2. The van der Waals surface area contributed by atoms with E-state index in [9.17, 15) is 18.8 Å². The Morgan fingerprint density at radius 2 is 1.74 bits per heavy atom. The third kappa shape index (κ3) is 8.38. The van der Waals surface area contributed by atoms with Gasteiger partial charge in [-0.2, -0.15) is 0 Å². The summed E-state index contributed by atoms with van der Waals surface area (Å²) in [4.78, 5) is 35.4. The molecule has 2 rings (SSSR count). The highest BCUT2D eigenvalue weighted by atomic mass is 35.5. The smallest absolute Gasteiger partial charge is 0.307 e. The van der Waals surface area contributed by atoms with E-state index in [2.05, 4.69) is 10.1 Å². The molecular weight excluding hydrogens is 425 g/mol. The lowest BCUT2D eigenvalue weighted by atomic mass is 9.99. The summed E-state index contributed by atoms with van der Waals surface area (Å²) in [6, 6.07) is 11.1. The summed E-state index contributed by atoms with van der Waals surface area (Å²) < 4.78 is 23.1. The molecule has 6 nitrogen and oxygen atoms in total. The van der Waals surface area contributed by atoms with Gasteiger partial charge in [0.05, 0.1) is 26.6 Å². The topological polar surface area (TPSA) is 81.7 Å². The fourth-order valence-electron chi connectivity index (χ4n) is 3.05. The van der Waals surface area contributed by atoms with Crippen molar-refractivity contribution in [2.45, 2.75) is 38.6 Å². The second kappa shape index (κ2) is 12.1. The SMILES string of the molecule is CCOC(=O)C[C@@H](Cc1ccc(-c2cc(F)cc(Cl)c2)cc1)NC(=O)CCC(=O)OC. The Bertz CT molecular complexity index is 896. The van der Waals surface area contributed by atoms with Crippen molar-refractivity contribution in [3.8, 4) is 11.1 Å². The largest absolute Gasteiger partial charge is 0.469 e. The predicted octanol–water partition coefficient (Wildman–Crippen LogP) is 4.08. The van der Waals surface area contributed by atoms with E-state index in [1.54, 1.807) is 13.0 Å². The number of amides is 1. The molecule has 0 unspecified atom stereocenters. The maximum absolute atomic E-state index is 13.6. The van der Waals surface area contributed by atoms with Crippen molar-refractivity contribution in [1.82, 2.24) is 5.32 Å². The molecule has 0 saturated carbocycles. The van der Waals surface area contributed by atoms with Gasteiger partial charge in [0.1, 0.15) is 5.82 Å². The summed E-state index contributed by atoms with van der Waals surface area (Å²) >= 11 is 5.92. The molecule has 31 heavy (non-hydrogen) atoms. The van der Waals surface area contributed by atoms with E-state index < -0.39 is 23.8 Å². The van der Waals surface area contributed by atoms with Gasteiger partial charge in [-0.05, 0) is 48.2 Å². The van der Waals surface area contributed by atoms with Crippen molar-refractivity contribution in [3.63, 3.8) is 0 Å². The monoisotopic (exact) mass is 449 g/mol. The number of hydrogen-bond acceptors (Lipinski definition) is 5. The van der Waals surface area contributed by atoms with Crippen LogP contribution in [0.15, 0.2) is 42.5 Å². The van der Waals surface area contributed by atoms with Crippen molar-refractivity contribution in [2.24, 2.45) is 0 Å². The highest BCUT2D eigenvalue weighted by molar-refractivity contribution is 6.30. The third-order valence-corrected chi connectivity index (χ3v) is 4.72. The lowest BCUT2D eigenvalue weighted by Gasteiger charge is -2.18. The number of hydrogen-bond donors (Lipinski definition) is 1. The number of carbonyl (C=O) groups is 3. The van der Waals surface area contributed by atoms with Gasteiger partial charge >= 0.3 is 11.9 Å². The maximum Gasteiger partial charge on any atom is 0.307 e. The number of halogens is 2. The molecule has 0 bridgehead atoms. The number of carbonyl (C=O) groups excluding carboxylic acids is 3. The van der Waals surface area contributed by atoms with Crippen LogP contribution in [0.5, 0.6) is 0 Å². The first kappa shape index (κ1) is 24.3. The third-order valence-electron chi connectivity index (χ3n) is 4.50. The normalized spacial score (nSPS) is 11.5. The minimum Gasteiger partial charge on any atom is -0.469 e. The molecule has 166 valence electrons. The molecular formula is C23H25ClFNO5. The van der Waals surface area contributed by atoms with Crippen molar-refractivity contribution in [1.29, 1.82) is 0 Å². The Morgan fingerprint density at radius 3 is 2.35 bits per heavy atom. The summed E-state index contributed by atoms with van der Waals surface area (Å²) in [6.07, 6.45) is 0.302. The zero-order valence-electron chi connectivity index (χ0n) is 17.5. The van der Waals surface area contributed by atoms with Gasteiger partial charge in [-0.15, -0.1) is 0 Å². The standard InChI is InChI=1S/C23H25ClFNO5/c1-3-31-23(29)14-20(26-21(27)8-9-22(28)30-2)10-15-4-6-16(7-5-15)17-11-18(24)13-19(25)12-17/h4-7,11-13,20H,3,8-10,14H2,1-2H3,(H,26,27)/t20-/m1/s1. The van der Waals surface area contributed by atoms with Crippen LogP contribution in [0, 0.1) is 5.82 Å². The highest BCUT2D eigenvalue weighted by Crippen LogP contribution is 2.25. The van der Waals surface area contributed by atoms with E-state index in [0.717, 1.165) is 11.1 Å². The number of esters is 2. The molecule has 2 aromatic rings. The van der Waals surface area contributed by atoms with E-state index >= 15 is 0 Å². The second-order valence-corrected chi connectivity index (χ2v) is 7.35. The van der Waals surface area contributed by atoms with E-state index in [0.29, 0.717) is 17.0 Å². The number of ether oxygens (including phenoxy) is 2. The van der Waals surface area contributed by atoms with Crippen LogP contribution in [0.1, 0.15) is 31.7 Å². The van der Waals surface area contributed by atoms with Crippen LogP contribution < -0.4 is 5.32 Å². The lowest BCUT2D eigenvalue weighted by Crippen LogP contribution is -2.38. The first-order valence-electron chi connectivity index (χ1n) is 9.88. The minimum absolute atomic E-state index is 0.000932. The summed E-state index contributed by atoms with van der Waals surface area (Å²) in [5.41, 5.74) is 2.30. The van der Waals surface area contributed by atoms with Crippen LogP contribution in [-0.4, -0.2) is 37.6 Å². The van der Waals surface area contributed by atoms with Gasteiger partial charge in [-0.3, -0.25) is 14.4 Å². The molecule has 1 atom stereocenters. The lowest BCUT2D eigenvalue weighted by molar-refractivity contribution is -0.144. The van der Waals surface area contributed by atoms with E-state index in [4.69, 9.17) is 16.3 Å². The average Bonchev–Trinajstić information content (AvgIpc) is 2.72. The fraction of sp³-hybridized carbons (Fsp3) is 0.348. The summed E-state index contributed by atoms with van der Waals surface area (Å²) in [5, 5.41) is 3.09. The molecule has 0 aliphatic heterocycles. The molecule has 0 spiro atoms. The molecule has 0 heterocycles. The van der Waals surface area contributed by atoms with Crippen molar-refractivity contribution >= 4 is 29.4 Å². The Kier molecular flexibility index (Phi) is 9.46. The van der Waals surface area contributed by atoms with Crippen LogP contribution >= 0.6 is 11.6 Å². The average molecular weight is 450 g/mol. The zero-order valence-corrected chi connectivity index (χ0v) is 18.2. The van der Waals surface area contributed by atoms with Crippen LogP contribution in [0.4, 0.5) is 4.39 Å². The Hall–Kier alpha value is -2.93. The van der Waals surface area contributed by atoms with Crippen molar-refractivity contribution in [2.75, 3.05) is 13.7 Å². The molecule has 1 N–H and O–H groups in total. The quantitative estimate of drug-likeness (QED) is 0.553. The maximum atomic E-state index is 13.6. The molecule has 0 aliphatic carbocycles. The zero-order chi connectivity index (χ0) is 22.8. The number of rotatable bonds is 10. The van der Waals surface area contributed by atoms with Crippen LogP contribution in [0.25, 0.3) is 11.1 Å². The summed E-state index contributed by atoms with van der Waals surface area (Å²) in [7, 11) is 1.26. The van der Waals surface area contributed by atoms with Gasteiger partial charge in [-0.1, -0.05) is 35.9 Å². The Morgan fingerprint density at radius 1 is 1.03 bits per heavy atom. The summed E-state index contributed by atoms with van der Waals surface area (Å²) in [5.74, 6) is -1.68. The summed E-state index contributed by atoms with van der Waals surface area (Å²) in [6.45, 7) is 1.95. The minimum atomic E-state index is -0.501. The van der Waals surface area contributed by atoms with E-state index in [-0.39, 0.29) is 31.8 Å². The number of methoxy groups -OCH3 is 1. The van der Waals surface area contributed by atoms with Gasteiger partial charge in [0.15, 0.2) is 0 Å². The first-order valence-corrected chi connectivity index (χ1v) is 10.3. The Balaban J connectivity index is 2.08. The molecule has 1 amide bonds. The molecule has 2 aromatic carbocycles. The molecule has 0 fully saturated rings. The molecule has 8 heteroatoms. The van der Waals surface area contributed by atoms with Gasteiger partial charge < -0.3 is 14.8 Å². The van der Waals surface area contributed by atoms with E-state index in [1.807, 2.05) is 24.3 Å². The fourth-order valence-corrected chi connectivity index (χ4v) is 3.27. The van der Waals surface area contributed by atoms with Crippen molar-refractivity contribution in [3.05, 3.63) is 58.9 Å². The molecule has 0 radical (unpaired) electrons. The molecule has 0 aliphatic rings. The van der Waals surface area contributed by atoms with Crippen LogP contribution in [0.3, 0.4) is 0 Å². The van der Waals surface area contributed by atoms with Gasteiger partial charge in [-0.25, -0.2) is 4.39 Å². The first-order chi connectivity index (χ1) is 14.8. The second-order valence-electron chi connectivity index (χ2n) is 6.91. The number of nitrogens with one attached hydrogen (secondary N) is 1. The van der Waals surface area contributed by atoms with Gasteiger partial charge in [0.25, 0.3) is 0 Å². The molecule has 0 saturated heterocycles. The van der Waals surface area contributed by atoms with Crippen LogP contribution in [-0.2, 0) is 30.3 Å². The van der Waals surface area contributed by atoms with Crippen molar-refractivity contribution < 1.29 is 28.2 Å². The van der Waals surface area contributed by atoms with Gasteiger partial charge in [0, 0.05) is 17.5 Å². The Labute approximate surface area is 185 Å². The highest BCUT2D eigenvalue weighted by Gasteiger charge is 2.19. The predicted molar refractivity (Wildman–Crippen MR) is 115 cm³/mol. The molecule has 0 aromatic heterocycles. The van der Waals surface area contributed by atoms with E-state index in [1.165, 1.54) is 19.2 Å². The van der Waals surface area contributed by atoms with Gasteiger partial charge in [0.2, 0.25) is 5.91 Å². The van der Waals surface area contributed by atoms with Crippen LogP contribution in [0.2, 0.25) is 5.02 Å².